The molecule has 1 heterocycles. The average molecular weight is 331 g/mol. The van der Waals surface area contributed by atoms with Crippen LogP contribution in [0.15, 0.2) is 23.1 Å². The first kappa shape index (κ1) is 16.7. The maximum absolute atomic E-state index is 12.8. The quantitative estimate of drug-likeness (QED) is 0.903. The van der Waals surface area contributed by atoms with Crippen molar-refractivity contribution in [3.05, 3.63) is 28.8 Å². The second kappa shape index (κ2) is 7.09. The van der Waals surface area contributed by atoms with E-state index in [2.05, 4.69) is 12.2 Å². The molecule has 1 fully saturated rings. The molecule has 1 N–H and O–H groups in total. The smallest absolute Gasteiger partial charge is 0.244 e. The lowest BCUT2D eigenvalue weighted by atomic mass is 9.96. The Hall–Kier alpha value is -0.620. The summed E-state index contributed by atoms with van der Waals surface area (Å²) in [5.74, 6) is 0.641. The van der Waals surface area contributed by atoms with Crippen molar-refractivity contribution in [2.75, 3.05) is 20.1 Å². The summed E-state index contributed by atoms with van der Waals surface area (Å²) in [5, 5.41) is 3.32. The lowest BCUT2D eigenvalue weighted by molar-refractivity contribution is 0.269. The van der Waals surface area contributed by atoms with Gasteiger partial charge in [-0.1, -0.05) is 31.0 Å². The summed E-state index contributed by atoms with van der Waals surface area (Å²) in [6.45, 7) is 3.96. The van der Waals surface area contributed by atoms with E-state index in [-0.39, 0.29) is 4.90 Å². The molecule has 0 bridgehead atoms. The van der Waals surface area contributed by atoms with Crippen molar-refractivity contribution in [1.82, 2.24) is 9.62 Å². The van der Waals surface area contributed by atoms with Gasteiger partial charge >= 0.3 is 0 Å². The summed E-state index contributed by atoms with van der Waals surface area (Å²) in [5.41, 5.74) is 0.920. The van der Waals surface area contributed by atoms with Crippen LogP contribution in [-0.4, -0.2) is 32.9 Å². The summed E-state index contributed by atoms with van der Waals surface area (Å²) in [6, 6.07) is 5.20. The number of piperidine rings is 1. The predicted octanol–water partition coefficient (Wildman–Crippen LogP) is 2.87. The third-order valence-electron chi connectivity index (χ3n) is 4.15. The number of nitrogens with one attached hydrogen (secondary N) is 1. The van der Waals surface area contributed by atoms with Crippen molar-refractivity contribution in [2.45, 2.75) is 37.6 Å². The van der Waals surface area contributed by atoms with E-state index in [1.54, 1.807) is 16.4 Å². The molecule has 0 amide bonds. The lowest BCUT2D eigenvalue weighted by Crippen LogP contribution is -2.38. The molecule has 1 aliphatic rings. The molecule has 0 unspecified atom stereocenters. The SMILES string of the molecule is CCC1CCN(S(=O)(=O)c2cc(CNC)ccc2Cl)CC1. The molecule has 0 spiro atoms. The number of hydrogen-bond donors (Lipinski definition) is 1. The molecular weight excluding hydrogens is 308 g/mol. The van der Waals surface area contributed by atoms with Crippen LogP contribution in [0.5, 0.6) is 0 Å². The van der Waals surface area contributed by atoms with Gasteiger partial charge in [0.2, 0.25) is 10.0 Å². The van der Waals surface area contributed by atoms with Crippen molar-refractivity contribution in [1.29, 1.82) is 0 Å². The Morgan fingerprint density at radius 3 is 2.57 bits per heavy atom. The Balaban J connectivity index is 2.25. The van der Waals surface area contributed by atoms with Gasteiger partial charge in [-0.3, -0.25) is 0 Å². The highest BCUT2D eigenvalue weighted by molar-refractivity contribution is 7.89. The Morgan fingerprint density at radius 2 is 2.00 bits per heavy atom. The van der Waals surface area contributed by atoms with Gasteiger partial charge in [0.1, 0.15) is 4.90 Å². The molecule has 4 nitrogen and oxygen atoms in total. The van der Waals surface area contributed by atoms with Gasteiger partial charge in [0, 0.05) is 19.6 Å². The van der Waals surface area contributed by atoms with Crippen LogP contribution in [0.1, 0.15) is 31.7 Å². The minimum Gasteiger partial charge on any atom is -0.316 e. The van der Waals surface area contributed by atoms with E-state index >= 15 is 0 Å². The Morgan fingerprint density at radius 1 is 1.33 bits per heavy atom. The first-order valence-corrected chi connectivity index (χ1v) is 9.24. The van der Waals surface area contributed by atoms with Crippen molar-refractivity contribution >= 4 is 21.6 Å². The van der Waals surface area contributed by atoms with Crippen molar-refractivity contribution in [3.8, 4) is 0 Å². The van der Waals surface area contributed by atoms with Crippen LogP contribution in [0.4, 0.5) is 0 Å². The van der Waals surface area contributed by atoms with Gasteiger partial charge < -0.3 is 5.32 Å². The monoisotopic (exact) mass is 330 g/mol. The zero-order valence-corrected chi connectivity index (χ0v) is 14.2. The number of benzene rings is 1. The zero-order chi connectivity index (χ0) is 15.5. The fourth-order valence-corrected chi connectivity index (χ4v) is 4.75. The van der Waals surface area contributed by atoms with E-state index in [4.69, 9.17) is 11.6 Å². The summed E-state index contributed by atoms with van der Waals surface area (Å²) in [4.78, 5) is 0.229. The molecule has 0 aliphatic carbocycles. The fourth-order valence-electron chi connectivity index (χ4n) is 2.76. The van der Waals surface area contributed by atoms with Crippen LogP contribution in [-0.2, 0) is 16.6 Å². The number of rotatable bonds is 5. The molecule has 0 aromatic heterocycles. The van der Waals surface area contributed by atoms with Crippen LogP contribution in [0.3, 0.4) is 0 Å². The van der Waals surface area contributed by atoms with Crippen LogP contribution < -0.4 is 5.32 Å². The second-order valence-electron chi connectivity index (χ2n) is 5.55. The van der Waals surface area contributed by atoms with Gasteiger partial charge in [-0.15, -0.1) is 0 Å². The molecule has 6 heteroatoms. The molecule has 0 saturated carbocycles. The van der Waals surface area contributed by atoms with Crippen molar-refractivity contribution in [3.63, 3.8) is 0 Å². The van der Waals surface area contributed by atoms with E-state index in [9.17, 15) is 8.42 Å². The fraction of sp³-hybridized carbons (Fsp3) is 0.600. The summed E-state index contributed by atoms with van der Waals surface area (Å²) >= 11 is 6.13. The Bertz CT molecular complexity index is 581. The van der Waals surface area contributed by atoms with Gasteiger partial charge in [-0.05, 0) is 43.5 Å². The van der Waals surface area contributed by atoms with Crippen molar-refractivity contribution in [2.24, 2.45) is 5.92 Å². The lowest BCUT2D eigenvalue weighted by Gasteiger charge is -2.31. The minimum atomic E-state index is -3.49. The predicted molar refractivity (Wildman–Crippen MR) is 86.0 cm³/mol. The molecule has 118 valence electrons. The number of hydrogen-bond acceptors (Lipinski definition) is 3. The minimum absolute atomic E-state index is 0.229. The third kappa shape index (κ3) is 3.77. The maximum Gasteiger partial charge on any atom is 0.244 e. The molecule has 0 atom stereocenters. The number of nitrogens with zero attached hydrogens (tertiary/aromatic N) is 1. The normalized spacial score (nSPS) is 18.0. The van der Waals surface area contributed by atoms with Gasteiger partial charge in [-0.2, -0.15) is 4.31 Å². The van der Waals surface area contributed by atoms with Crippen LogP contribution in [0.25, 0.3) is 0 Å². The number of sulfonamides is 1. The first-order chi connectivity index (χ1) is 9.98. The average Bonchev–Trinajstić information content (AvgIpc) is 2.49. The van der Waals surface area contributed by atoms with E-state index in [1.165, 1.54) is 0 Å². The zero-order valence-electron chi connectivity index (χ0n) is 12.6. The largest absolute Gasteiger partial charge is 0.316 e. The van der Waals surface area contributed by atoms with Gasteiger partial charge in [0.15, 0.2) is 0 Å². The summed E-state index contributed by atoms with van der Waals surface area (Å²) in [6.07, 6.45) is 2.99. The third-order valence-corrected chi connectivity index (χ3v) is 6.53. The van der Waals surface area contributed by atoms with Gasteiger partial charge in [0.25, 0.3) is 0 Å². The van der Waals surface area contributed by atoms with E-state index in [0.717, 1.165) is 24.8 Å². The molecule has 0 radical (unpaired) electrons. The highest BCUT2D eigenvalue weighted by atomic mass is 35.5. The van der Waals surface area contributed by atoms with Crippen LogP contribution in [0.2, 0.25) is 5.02 Å². The van der Waals surface area contributed by atoms with Crippen LogP contribution in [0, 0.1) is 5.92 Å². The standard InChI is InChI=1S/C15H23ClN2O2S/c1-3-12-6-8-18(9-7-12)21(19,20)15-10-13(11-17-2)4-5-14(15)16/h4-5,10,12,17H,3,6-9,11H2,1-2H3. The summed E-state index contributed by atoms with van der Waals surface area (Å²) < 4.78 is 27.1. The maximum atomic E-state index is 12.8. The van der Waals surface area contributed by atoms with E-state index in [1.807, 2.05) is 13.1 Å². The highest BCUT2D eigenvalue weighted by Crippen LogP contribution is 2.29. The number of halogens is 1. The molecule has 1 aromatic carbocycles. The van der Waals surface area contributed by atoms with Gasteiger partial charge in [0.05, 0.1) is 5.02 Å². The topological polar surface area (TPSA) is 49.4 Å². The molecule has 21 heavy (non-hydrogen) atoms. The second-order valence-corrected chi connectivity index (χ2v) is 7.86. The van der Waals surface area contributed by atoms with Crippen molar-refractivity contribution < 1.29 is 8.42 Å². The highest BCUT2D eigenvalue weighted by Gasteiger charge is 2.30. The first-order valence-electron chi connectivity index (χ1n) is 7.42. The Labute approximate surface area is 132 Å². The van der Waals surface area contributed by atoms with Gasteiger partial charge in [-0.25, -0.2) is 8.42 Å². The molecule has 1 aromatic rings. The molecule has 2 rings (SSSR count). The van der Waals surface area contributed by atoms with E-state index < -0.39 is 10.0 Å². The molecule has 1 aliphatic heterocycles. The summed E-state index contributed by atoms with van der Waals surface area (Å²) in [7, 11) is -1.66. The molecule has 1 saturated heterocycles. The Kier molecular flexibility index (Phi) is 5.66. The van der Waals surface area contributed by atoms with Crippen LogP contribution >= 0.6 is 11.6 Å². The van der Waals surface area contributed by atoms with E-state index in [0.29, 0.717) is 30.6 Å². The molecular formula is C15H23ClN2O2S.